The highest BCUT2D eigenvalue weighted by Crippen LogP contribution is 2.33. The van der Waals surface area contributed by atoms with E-state index in [2.05, 4.69) is 10.3 Å². The number of nitrogens with zero attached hydrogens (tertiary/aromatic N) is 1. The van der Waals surface area contributed by atoms with Crippen LogP contribution in [-0.4, -0.2) is 35.8 Å². The van der Waals surface area contributed by atoms with Gasteiger partial charge in [0.05, 0.1) is 26.0 Å². The number of aliphatic hydroxyl groups excluding tert-OH is 1. The second-order valence-electron chi connectivity index (χ2n) is 6.19. The van der Waals surface area contributed by atoms with Gasteiger partial charge in [-0.05, 0) is 36.6 Å². The fraction of sp³-hybridized carbons (Fsp3) is 0.368. The van der Waals surface area contributed by atoms with Crippen molar-refractivity contribution in [3.8, 4) is 17.2 Å². The molecule has 2 N–H and O–H groups in total. The van der Waals surface area contributed by atoms with Gasteiger partial charge >= 0.3 is 0 Å². The molecule has 1 aliphatic carbocycles. The predicted molar refractivity (Wildman–Crippen MR) is 93.0 cm³/mol. The van der Waals surface area contributed by atoms with Crippen molar-refractivity contribution < 1.29 is 19.4 Å². The van der Waals surface area contributed by atoms with Crippen molar-refractivity contribution >= 4 is 5.91 Å². The van der Waals surface area contributed by atoms with E-state index in [1.165, 1.54) is 19.0 Å². The summed E-state index contributed by atoms with van der Waals surface area (Å²) in [5.74, 6) is 2.20. The fourth-order valence-corrected chi connectivity index (χ4v) is 2.57. The Morgan fingerprint density at radius 2 is 2.08 bits per heavy atom. The van der Waals surface area contributed by atoms with E-state index in [4.69, 9.17) is 9.47 Å². The number of carbonyl (C=O) groups excluding carboxylic acids is 1. The molecular weight excluding hydrogens is 320 g/mol. The summed E-state index contributed by atoms with van der Waals surface area (Å²) >= 11 is 0. The van der Waals surface area contributed by atoms with Crippen LogP contribution in [0.1, 0.15) is 29.8 Å². The molecule has 0 spiro atoms. The molecule has 6 heteroatoms. The summed E-state index contributed by atoms with van der Waals surface area (Å²) < 4.78 is 10.9. The third-order valence-corrected chi connectivity index (χ3v) is 4.12. The quantitative estimate of drug-likeness (QED) is 0.771. The Morgan fingerprint density at radius 1 is 1.28 bits per heavy atom. The van der Waals surface area contributed by atoms with Crippen LogP contribution in [-0.2, 0) is 0 Å². The highest BCUT2D eigenvalue weighted by atomic mass is 16.5. The van der Waals surface area contributed by atoms with Crippen molar-refractivity contribution in [2.24, 2.45) is 5.92 Å². The maximum atomic E-state index is 12.2. The Labute approximate surface area is 146 Å². The first-order valence-electron chi connectivity index (χ1n) is 8.37. The van der Waals surface area contributed by atoms with E-state index in [0.29, 0.717) is 28.9 Å². The lowest BCUT2D eigenvalue weighted by atomic mass is 10.1. The van der Waals surface area contributed by atoms with Gasteiger partial charge < -0.3 is 19.9 Å². The minimum Gasteiger partial charge on any atom is -0.497 e. The van der Waals surface area contributed by atoms with Crippen LogP contribution in [0, 0.1) is 5.92 Å². The van der Waals surface area contributed by atoms with E-state index in [-0.39, 0.29) is 18.6 Å². The van der Waals surface area contributed by atoms with Crippen LogP contribution in [0.4, 0.5) is 0 Å². The van der Waals surface area contributed by atoms with Crippen LogP contribution in [0.3, 0.4) is 0 Å². The number of methoxy groups -OCH3 is 1. The van der Waals surface area contributed by atoms with Crippen molar-refractivity contribution in [2.45, 2.75) is 25.3 Å². The molecule has 1 fully saturated rings. The van der Waals surface area contributed by atoms with E-state index >= 15 is 0 Å². The number of amides is 1. The molecule has 2 aromatic rings. The van der Waals surface area contributed by atoms with Gasteiger partial charge in [0, 0.05) is 6.07 Å². The Balaban J connectivity index is 1.59. The number of aliphatic hydroxyl groups is 1. The average Bonchev–Trinajstić information content (AvgIpc) is 3.46. The Kier molecular flexibility index (Phi) is 5.50. The molecule has 1 aliphatic rings. The third-order valence-electron chi connectivity index (χ3n) is 4.12. The lowest BCUT2D eigenvalue weighted by molar-refractivity contribution is 0.0906. The number of hydrogen-bond acceptors (Lipinski definition) is 5. The third kappa shape index (κ3) is 4.93. The van der Waals surface area contributed by atoms with Crippen molar-refractivity contribution in [3.05, 3.63) is 48.3 Å². The number of nitrogens with one attached hydrogen (secondary N) is 1. The SMILES string of the molecule is COc1cccc(Oc2ccc(C(=O)NC(CO)CC3CC3)nc2)c1. The molecule has 1 heterocycles. The molecule has 3 rings (SSSR count). The van der Waals surface area contributed by atoms with Crippen LogP contribution in [0.15, 0.2) is 42.6 Å². The lowest BCUT2D eigenvalue weighted by Crippen LogP contribution is -2.38. The predicted octanol–water partition coefficient (Wildman–Crippen LogP) is 2.77. The largest absolute Gasteiger partial charge is 0.497 e. The molecule has 1 unspecified atom stereocenters. The highest BCUT2D eigenvalue weighted by molar-refractivity contribution is 5.92. The molecule has 1 aromatic carbocycles. The average molecular weight is 342 g/mol. The van der Waals surface area contributed by atoms with Gasteiger partial charge in [0.15, 0.2) is 0 Å². The summed E-state index contributed by atoms with van der Waals surface area (Å²) in [4.78, 5) is 16.4. The van der Waals surface area contributed by atoms with E-state index in [1.54, 1.807) is 25.3 Å². The van der Waals surface area contributed by atoms with Gasteiger partial charge in [-0.15, -0.1) is 0 Å². The summed E-state index contributed by atoms with van der Waals surface area (Å²) in [6.45, 7) is -0.0563. The molecule has 6 nitrogen and oxygen atoms in total. The van der Waals surface area contributed by atoms with Gasteiger partial charge in [-0.1, -0.05) is 18.9 Å². The maximum absolute atomic E-state index is 12.2. The Morgan fingerprint density at radius 3 is 2.72 bits per heavy atom. The molecule has 0 bridgehead atoms. The number of pyridine rings is 1. The minimum absolute atomic E-state index is 0.0563. The molecule has 25 heavy (non-hydrogen) atoms. The lowest BCUT2D eigenvalue weighted by Gasteiger charge is -2.15. The van der Waals surface area contributed by atoms with Crippen LogP contribution in [0.25, 0.3) is 0 Å². The van der Waals surface area contributed by atoms with E-state index in [0.717, 1.165) is 6.42 Å². The number of aromatic nitrogens is 1. The van der Waals surface area contributed by atoms with Gasteiger partial charge in [-0.2, -0.15) is 0 Å². The molecule has 1 amide bonds. The molecule has 0 saturated heterocycles. The van der Waals surface area contributed by atoms with Crippen LogP contribution in [0.5, 0.6) is 17.2 Å². The van der Waals surface area contributed by atoms with Crippen molar-refractivity contribution in [1.29, 1.82) is 0 Å². The zero-order valence-corrected chi connectivity index (χ0v) is 14.1. The number of ether oxygens (including phenoxy) is 2. The summed E-state index contributed by atoms with van der Waals surface area (Å²) in [7, 11) is 1.59. The van der Waals surface area contributed by atoms with E-state index in [1.807, 2.05) is 18.2 Å². The Bertz CT molecular complexity index is 714. The first kappa shape index (κ1) is 17.2. The van der Waals surface area contributed by atoms with Crippen molar-refractivity contribution in [1.82, 2.24) is 10.3 Å². The fourth-order valence-electron chi connectivity index (χ4n) is 2.57. The molecular formula is C19H22N2O4. The zero-order chi connectivity index (χ0) is 17.6. The minimum atomic E-state index is -0.285. The second kappa shape index (κ2) is 7.98. The van der Waals surface area contributed by atoms with Gasteiger partial charge in [-0.3, -0.25) is 4.79 Å². The molecule has 132 valence electrons. The van der Waals surface area contributed by atoms with Gasteiger partial charge in [0.2, 0.25) is 0 Å². The highest BCUT2D eigenvalue weighted by Gasteiger charge is 2.26. The van der Waals surface area contributed by atoms with Crippen LogP contribution in [0.2, 0.25) is 0 Å². The van der Waals surface area contributed by atoms with Gasteiger partial charge in [-0.25, -0.2) is 4.98 Å². The van der Waals surface area contributed by atoms with Crippen molar-refractivity contribution in [2.75, 3.05) is 13.7 Å². The van der Waals surface area contributed by atoms with Gasteiger partial charge in [0.1, 0.15) is 22.9 Å². The van der Waals surface area contributed by atoms with Crippen LogP contribution >= 0.6 is 0 Å². The molecule has 1 saturated carbocycles. The van der Waals surface area contributed by atoms with E-state index < -0.39 is 0 Å². The first-order chi connectivity index (χ1) is 12.2. The van der Waals surface area contributed by atoms with E-state index in [9.17, 15) is 9.90 Å². The topological polar surface area (TPSA) is 80.7 Å². The number of carbonyl (C=O) groups is 1. The van der Waals surface area contributed by atoms with Crippen LogP contribution < -0.4 is 14.8 Å². The summed E-state index contributed by atoms with van der Waals surface area (Å²) in [5.41, 5.74) is 0.298. The van der Waals surface area contributed by atoms with Gasteiger partial charge in [0.25, 0.3) is 5.91 Å². The first-order valence-corrected chi connectivity index (χ1v) is 8.37. The summed E-state index contributed by atoms with van der Waals surface area (Å²) in [6, 6.07) is 10.3. The number of hydrogen-bond donors (Lipinski definition) is 2. The Hall–Kier alpha value is -2.60. The zero-order valence-electron chi connectivity index (χ0n) is 14.1. The number of benzene rings is 1. The monoisotopic (exact) mass is 342 g/mol. The maximum Gasteiger partial charge on any atom is 0.270 e. The molecule has 0 radical (unpaired) electrons. The normalized spacial score (nSPS) is 14.6. The summed E-state index contributed by atoms with van der Waals surface area (Å²) in [5, 5.41) is 12.2. The molecule has 1 atom stereocenters. The standard InChI is InChI=1S/C19H22N2O4/c1-24-15-3-2-4-16(10-15)25-17-7-8-18(20-11-17)19(23)21-14(12-22)9-13-5-6-13/h2-4,7-8,10-11,13-14,22H,5-6,9,12H2,1H3,(H,21,23). The molecule has 1 aromatic heterocycles. The summed E-state index contributed by atoms with van der Waals surface area (Å²) in [6.07, 6.45) is 4.68. The smallest absolute Gasteiger partial charge is 0.270 e. The molecule has 0 aliphatic heterocycles. The van der Waals surface area contributed by atoms with Crippen molar-refractivity contribution in [3.63, 3.8) is 0 Å². The number of rotatable bonds is 8. The second-order valence-corrected chi connectivity index (χ2v) is 6.19.